The monoisotopic (exact) mass is 332 g/mol. The lowest BCUT2D eigenvalue weighted by Crippen LogP contribution is -2.34. The second kappa shape index (κ2) is 7.90. The predicted molar refractivity (Wildman–Crippen MR) is 107 cm³/mol. The molecule has 0 aromatic carbocycles. The molecule has 3 heteroatoms. The van der Waals surface area contributed by atoms with Gasteiger partial charge in [-0.3, -0.25) is 0 Å². The van der Waals surface area contributed by atoms with Crippen molar-refractivity contribution >= 4 is 24.4 Å². The van der Waals surface area contributed by atoms with E-state index in [1.54, 1.807) is 10.6 Å². The molecule has 2 aliphatic rings. The number of rotatable bonds is 2. The Labute approximate surface area is 134 Å². The first-order valence-electron chi connectivity index (χ1n) is 8.46. The average molecular weight is 332 g/mol. The molecule has 0 amide bonds. The molecule has 0 aromatic rings. The van der Waals surface area contributed by atoms with Crippen molar-refractivity contribution in [1.29, 1.82) is 0 Å². The number of ether oxygens (including phenoxy) is 1. The first-order chi connectivity index (χ1) is 9.60. The first kappa shape index (κ1) is 19.6. The van der Waals surface area contributed by atoms with Gasteiger partial charge in [-0.15, -0.1) is 13.8 Å². The van der Waals surface area contributed by atoms with Crippen LogP contribution in [-0.4, -0.2) is 61.8 Å². The van der Waals surface area contributed by atoms with Gasteiger partial charge in [0.1, 0.15) is 0 Å². The van der Waals surface area contributed by atoms with Crippen molar-refractivity contribution in [3.63, 3.8) is 0 Å². The van der Waals surface area contributed by atoms with E-state index in [1.165, 1.54) is 25.7 Å². The van der Waals surface area contributed by atoms with E-state index in [-0.39, 0.29) is 0 Å². The molecule has 2 rings (SSSR count). The largest absolute Gasteiger partial charge is 0.380 e. The first-order valence-corrected chi connectivity index (χ1v) is 14.0. The van der Waals surface area contributed by atoms with Gasteiger partial charge in [0, 0.05) is 5.66 Å². The van der Waals surface area contributed by atoms with Gasteiger partial charge in [0.05, 0.1) is 13.2 Å². The molecule has 0 radical (unpaired) electrons. The molecule has 1 aliphatic heterocycles. The average Bonchev–Trinajstić information content (AvgIpc) is 2.79. The fraction of sp³-hybridized carbons (Fsp3) is 0.889. The van der Waals surface area contributed by atoms with Crippen LogP contribution >= 0.6 is 13.8 Å². The van der Waals surface area contributed by atoms with Crippen LogP contribution in [0, 0.1) is 0 Å². The standard InChI is InChI=1S/C10H21P.C8H17OP/c1-9(2)11(3,4)10-7-5-6-8-10;1-7(2)10(3,4)8-5-9-6-8/h10H,5-8H2,1-4H3;8H,5-6H2,1-4H3. The summed E-state index contributed by atoms with van der Waals surface area (Å²) in [6.45, 7) is 19.7. The van der Waals surface area contributed by atoms with Crippen molar-refractivity contribution in [3.05, 3.63) is 0 Å². The van der Waals surface area contributed by atoms with Gasteiger partial charge in [0.25, 0.3) is 0 Å². The quantitative estimate of drug-likeness (QED) is 0.624. The Bertz CT molecular complexity index is 432. The topological polar surface area (TPSA) is 9.23 Å². The van der Waals surface area contributed by atoms with Gasteiger partial charge in [0.2, 0.25) is 0 Å². The van der Waals surface area contributed by atoms with Crippen molar-refractivity contribution < 1.29 is 4.74 Å². The molecule has 0 atom stereocenters. The summed E-state index contributed by atoms with van der Waals surface area (Å²) < 4.78 is 5.19. The normalized spacial score (nSPS) is 20.6. The molecule has 1 saturated carbocycles. The third kappa shape index (κ3) is 5.02. The van der Waals surface area contributed by atoms with Crippen LogP contribution in [0.25, 0.3) is 0 Å². The zero-order valence-corrected chi connectivity index (χ0v) is 17.5. The molecule has 2 fully saturated rings. The minimum Gasteiger partial charge on any atom is -0.380 e. The number of hydrogen-bond donors (Lipinski definition) is 0. The van der Waals surface area contributed by atoms with E-state index in [2.05, 4.69) is 54.4 Å². The van der Waals surface area contributed by atoms with Crippen molar-refractivity contribution in [3.8, 4) is 0 Å². The minimum absolute atomic E-state index is 0.645. The van der Waals surface area contributed by atoms with Gasteiger partial charge >= 0.3 is 0 Å². The summed E-state index contributed by atoms with van der Waals surface area (Å²) in [5.41, 5.74) is 1.95. The molecule has 0 unspecified atom stereocenters. The molecule has 126 valence electrons. The van der Waals surface area contributed by atoms with Gasteiger partial charge in [-0.1, -0.05) is 23.4 Å². The molecule has 1 saturated heterocycles. The molecule has 0 aromatic heterocycles. The molecule has 21 heavy (non-hydrogen) atoms. The summed E-state index contributed by atoms with van der Waals surface area (Å²) in [6, 6.07) is 0. The summed E-state index contributed by atoms with van der Waals surface area (Å²) in [4.78, 5) is 0. The smallest absolute Gasteiger partial charge is 0.0555 e. The van der Waals surface area contributed by atoms with Crippen LogP contribution in [-0.2, 0) is 4.74 Å². The van der Waals surface area contributed by atoms with Gasteiger partial charge in [-0.05, 0) is 72.9 Å². The van der Waals surface area contributed by atoms with E-state index in [0.717, 1.165) is 24.5 Å². The summed E-state index contributed by atoms with van der Waals surface area (Å²) >= 11 is 0. The summed E-state index contributed by atoms with van der Waals surface area (Å²) in [5, 5.41) is 3.34. The highest BCUT2D eigenvalue weighted by molar-refractivity contribution is 7.75. The summed E-state index contributed by atoms with van der Waals surface area (Å²) in [7, 11) is 0. The second-order valence-corrected chi connectivity index (χ2v) is 17.5. The zero-order valence-electron chi connectivity index (χ0n) is 15.7. The van der Waals surface area contributed by atoms with Crippen LogP contribution in [0.3, 0.4) is 0 Å². The third-order valence-electron chi connectivity index (χ3n) is 6.08. The van der Waals surface area contributed by atoms with E-state index in [0.29, 0.717) is 0 Å². The Morgan fingerprint density at radius 1 is 0.714 bits per heavy atom. The Kier molecular flexibility index (Phi) is 7.37. The van der Waals surface area contributed by atoms with Crippen molar-refractivity contribution in [2.24, 2.45) is 0 Å². The molecule has 1 aliphatic carbocycles. The highest BCUT2D eigenvalue weighted by atomic mass is 31.2. The van der Waals surface area contributed by atoms with Crippen LogP contribution in [0.4, 0.5) is 0 Å². The molecular formula is C18H38OP2. The summed E-state index contributed by atoms with van der Waals surface area (Å²) in [6.07, 6.45) is 5.99. The SMILES string of the molecule is CC(C)=P(C)(C)C1CCCC1.CC(C)=P(C)(C)C1COC1. The van der Waals surface area contributed by atoms with Gasteiger partial charge in [-0.2, -0.15) is 0 Å². The van der Waals surface area contributed by atoms with Crippen molar-refractivity contribution in [2.75, 3.05) is 39.9 Å². The fourth-order valence-electron chi connectivity index (χ4n) is 2.88. The third-order valence-corrected chi connectivity index (χ3v) is 15.2. The van der Waals surface area contributed by atoms with Crippen LogP contribution in [0.1, 0.15) is 53.4 Å². The van der Waals surface area contributed by atoms with Gasteiger partial charge in [-0.25, -0.2) is 0 Å². The Balaban J connectivity index is 0.000000211. The lowest BCUT2D eigenvalue weighted by Gasteiger charge is -2.36. The predicted octanol–water partition coefficient (Wildman–Crippen LogP) is 5.29. The zero-order chi connectivity index (χ0) is 16.3. The van der Waals surface area contributed by atoms with Crippen molar-refractivity contribution in [1.82, 2.24) is 0 Å². The lowest BCUT2D eigenvalue weighted by molar-refractivity contribution is 0.0430. The maximum Gasteiger partial charge on any atom is 0.0555 e. The van der Waals surface area contributed by atoms with Crippen LogP contribution in [0.5, 0.6) is 0 Å². The maximum absolute atomic E-state index is 5.19. The highest BCUT2D eigenvalue weighted by Crippen LogP contribution is 2.52. The Morgan fingerprint density at radius 3 is 1.33 bits per heavy atom. The maximum atomic E-state index is 5.19. The van der Waals surface area contributed by atoms with Crippen LogP contribution in [0.2, 0.25) is 0 Å². The van der Waals surface area contributed by atoms with Gasteiger partial charge < -0.3 is 4.74 Å². The molecule has 0 spiro atoms. The Hall–Kier alpha value is 0.560. The molecule has 0 bridgehead atoms. The highest BCUT2D eigenvalue weighted by Gasteiger charge is 2.27. The number of hydrogen-bond acceptors (Lipinski definition) is 1. The molecule has 1 heterocycles. The van der Waals surface area contributed by atoms with E-state index in [4.69, 9.17) is 4.74 Å². The molecule has 1 nitrogen and oxygen atoms in total. The fourth-order valence-corrected chi connectivity index (χ4v) is 6.95. The van der Waals surface area contributed by atoms with E-state index in [1.807, 2.05) is 0 Å². The molecule has 0 N–H and O–H groups in total. The minimum atomic E-state index is -0.727. The van der Waals surface area contributed by atoms with E-state index >= 15 is 0 Å². The van der Waals surface area contributed by atoms with Crippen LogP contribution in [0.15, 0.2) is 0 Å². The molecular weight excluding hydrogens is 294 g/mol. The summed E-state index contributed by atoms with van der Waals surface area (Å²) in [5.74, 6) is 0. The Morgan fingerprint density at radius 2 is 1.10 bits per heavy atom. The van der Waals surface area contributed by atoms with Crippen molar-refractivity contribution in [2.45, 2.75) is 64.7 Å². The van der Waals surface area contributed by atoms with E-state index in [9.17, 15) is 0 Å². The second-order valence-electron chi connectivity index (χ2n) is 8.10. The van der Waals surface area contributed by atoms with E-state index < -0.39 is 13.8 Å². The van der Waals surface area contributed by atoms with Crippen LogP contribution < -0.4 is 0 Å². The van der Waals surface area contributed by atoms with Gasteiger partial charge in [0.15, 0.2) is 0 Å². The lowest BCUT2D eigenvalue weighted by atomic mass is 10.4.